The van der Waals surface area contributed by atoms with E-state index in [1.165, 1.54) is 0 Å². The Bertz CT molecular complexity index is 1560. The maximum absolute atomic E-state index is 15.1. The number of pyridine rings is 1. The van der Waals surface area contributed by atoms with Crippen LogP contribution in [0.5, 0.6) is 11.5 Å². The molecule has 4 rings (SSSR count). The van der Waals surface area contributed by atoms with E-state index >= 15 is 8.78 Å². The Morgan fingerprint density at radius 3 is 2.21 bits per heavy atom. The number of hydrogen-bond acceptors (Lipinski definition) is 6. The van der Waals surface area contributed by atoms with Crippen molar-refractivity contribution in [1.29, 1.82) is 5.26 Å². The Kier molecular flexibility index (Phi) is 8.47. The normalized spacial score (nSPS) is 17.0. The minimum Gasteiger partial charge on any atom is -0.497 e. The molecule has 0 spiro atoms. The highest BCUT2D eigenvalue weighted by atomic mass is 19.4. The monoisotopic (exact) mass is 614 g/mol. The number of anilines is 1. The van der Waals surface area contributed by atoms with E-state index in [1.54, 1.807) is 6.07 Å². The first-order chi connectivity index (χ1) is 20.1. The van der Waals surface area contributed by atoms with E-state index in [0.717, 1.165) is 49.6 Å². The quantitative estimate of drug-likeness (QED) is 0.361. The van der Waals surface area contributed by atoms with Gasteiger partial charge in [-0.15, -0.1) is 13.2 Å². The average molecular weight is 614 g/mol. The van der Waals surface area contributed by atoms with Gasteiger partial charge in [-0.3, -0.25) is 14.5 Å². The van der Waals surface area contributed by atoms with E-state index in [0.29, 0.717) is 11.0 Å². The molecule has 43 heavy (non-hydrogen) atoms. The number of benzene rings is 2. The van der Waals surface area contributed by atoms with Gasteiger partial charge in [0.15, 0.2) is 5.82 Å². The molecule has 0 bridgehead atoms. The molecule has 3 aromatic rings. The number of methoxy groups -OCH3 is 1. The predicted octanol–water partition coefficient (Wildman–Crippen LogP) is 5.33. The van der Waals surface area contributed by atoms with Gasteiger partial charge in [0.25, 0.3) is 5.91 Å². The number of hydrogen-bond donors (Lipinski definition) is 1. The fourth-order valence-electron chi connectivity index (χ4n) is 4.54. The summed E-state index contributed by atoms with van der Waals surface area (Å²) in [5.41, 5.74) is -2.65. The van der Waals surface area contributed by atoms with Gasteiger partial charge in [-0.05, 0) is 36.4 Å². The third-order valence-electron chi connectivity index (χ3n) is 6.48. The number of aromatic nitrogens is 1. The molecule has 2 heterocycles. The van der Waals surface area contributed by atoms with Crippen molar-refractivity contribution in [2.24, 2.45) is 5.92 Å². The van der Waals surface area contributed by atoms with E-state index in [4.69, 9.17) is 4.74 Å². The number of alkyl halides is 6. The molecule has 1 unspecified atom stereocenters. The van der Waals surface area contributed by atoms with Crippen LogP contribution in [0.3, 0.4) is 0 Å². The van der Waals surface area contributed by atoms with Gasteiger partial charge in [0.2, 0.25) is 5.91 Å². The number of rotatable bonds is 7. The lowest BCUT2D eigenvalue weighted by Gasteiger charge is -2.19. The molecule has 1 aliphatic rings. The number of carbonyl (C=O) groups excluding carboxylic acids is 2. The maximum Gasteiger partial charge on any atom is 0.573 e. The highest BCUT2D eigenvalue weighted by Crippen LogP contribution is 2.41. The van der Waals surface area contributed by atoms with Crippen molar-refractivity contribution in [3.8, 4) is 17.6 Å². The zero-order chi connectivity index (χ0) is 31.7. The second-order valence-electron chi connectivity index (χ2n) is 9.13. The second-order valence-corrected chi connectivity index (χ2v) is 9.13. The third-order valence-corrected chi connectivity index (χ3v) is 6.48. The predicted molar refractivity (Wildman–Crippen MR) is 131 cm³/mol. The molecule has 0 saturated carbocycles. The first-order valence-electron chi connectivity index (χ1n) is 12.1. The number of halogens is 8. The van der Waals surface area contributed by atoms with Crippen LogP contribution in [0.1, 0.15) is 33.1 Å². The standard InChI is InChI=1S/C27H18F8N4O4/c1-42-16-8-19(28)22(20(29)9-16)18-12-39(23-14(10-36)4-7-21(38-23)26(30,31)32)25(41)17(18)11-37-24(40)13-2-5-15(6-3-13)43-27(33,34)35/h2-9,17-18H,11-12H2,1H3,(H,37,40)/t17?,18-/m1/s1. The van der Waals surface area contributed by atoms with Crippen LogP contribution in [-0.4, -0.2) is 43.4 Å². The summed E-state index contributed by atoms with van der Waals surface area (Å²) < 4.78 is 116. The van der Waals surface area contributed by atoms with E-state index in [1.807, 2.05) is 0 Å². The van der Waals surface area contributed by atoms with Crippen LogP contribution in [0.2, 0.25) is 0 Å². The molecule has 1 aliphatic heterocycles. The fourth-order valence-corrected chi connectivity index (χ4v) is 4.54. The van der Waals surface area contributed by atoms with Gasteiger partial charge in [-0.25, -0.2) is 13.8 Å². The molecule has 226 valence electrons. The van der Waals surface area contributed by atoms with Crippen molar-refractivity contribution in [3.63, 3.8) is 0 Å². The SMILES string of the molecule is COc1cc(F)c([C@@H]2CN(c3nc(C(F)(F)F)ccc3C#N)C(=O)C2CNC(=O)c2ccc(OC(F)(F)F)cc2)c(F)c1. The zero-order valence-corrected chi connectivity index (χ0v) is 21.7. The molecular formula is C27H18F8N4O4. The van der Waals surface area contributed by atoms with E-state index < -0.39 is 89.3 Å². The summed E-state index contributed by atoms with van der Waals surface area (Å²) in [4.78, 5) is 30.4. The van der Waals surface area contributed by atoms with E-state index in [9.17, 15) is 41.2 Å². The summed E-state index contributed by atoms with van der Waals surface area (Å²) in [6, 6.07) is 8.32. The summed E-state index contributed by atoms with van der Waals surface area (Å²) in [7, 11) is 1.15. The molecule has 2 aromatic carbocycles. The number of ether oxygens (including phenoxy) is 2. The third kappa shape index (κ3) is 6.76. The zero-order valence-electron chi connectivity index (χ0n) is 21.7. The van der Waals surface area contributed by atoms with Crippen molar-refractivity contribution < 1.29 is 54.2 Å². The van der Waals surface area contributed by atoms with E-state index in [2.05, 4.69) is 15.0 Å². The molecule has 1 N–H and O–H groups in total. The summed E-state index contributed by atoms with van der Waals surface area (Å²) in [6.45, 7) is -1.22. The van der Waals surface area contributed by atoms with Crippen molar-refractivity contribution in [2.45, 2.75) is 18.5 Å². The second kappa shape index (κ2) is 11.7. The fraction of sp³-hybridized carbons (Fsp3) is 0.259. The topological polar surface area (TPSA) is 105 Å². The minimum absolute atomic E-state index is 0.165. The van der Waals surface area contributed by atoms with Gasteiger partial charge < -0.3 is 14.8 Å². The smallest absolute Gasteiger partial charge is 0.497 e. The van der Waals surface area contributed by atoms with Crippen LogP contribution in [-0.2, 0) is 11.0 Å². The Morgan fingerprint density at radius 1 is 1.05 bits per heavy atom. The van der Waals surface area contributed by atoms with E-state index in [-0.39, 0.29) is 11.3 Å². The summed E-state index contributed by atoms with van der Waals surface area (Å²) in [6.07, 6.45) is -9.92. The van der Waals surface area contributed by atoms with Gasteiger partial charge in [0.1, 0.15) is 34.9 Å². The van der Waals surface area contributed by atoms with Crippen LogP contribution in [0.4, 0.5) is 40.9 Å². The molecule has 8 nitrogen and oxygen atoms in total. The Labute approximate surface area is 237 Å². The lowest BCUT2D eigenvalue weighted by molar-refractivity contribution is -0.274. The van der Waals surface area contributed by atoms with Gasteiger partial charge in [-0.1, -0.05) is 0 Å². The first kappa shape index (κ1) is 31.0. The molecular weight excluding hydrogens is 596 g/mol. The van der Waals surface area contributed by atoms with Crippen molar-refractivity contribution in [3.05, 3.63) is 82.5 Å². The molecule has 16 heteroatoms. The van der Waals surface area contributed by atoms with Crippen LogP contribution in [0.25, 0.3) is 0 Å². The Balaban J connectivity index is 1.68. The number of amides is 2. The van der Waals surface area contributed by atoms with Crippen LogP contribution in [0.15, 0.2) is 48.5 Å². The number of carbonyl (C=O) groups is 2. The van der Waals surface area contributed by atoms with Gasteiger partial charge in [0.05, 0.1) is 18.6 Å². The van der Waals surface area contributed by atoms with Crippen LogP contribution in [0, 0.1) is 28.9 Å². The molecule has 2 atom stereocenters. The van der Waals surface area contributed by atoms with Gasteiger partial charge >= 0.3 is 12.5 Å². The number of nitrogens with zero attached hydrogens (tertiary/aromatic N) is 3. The van der Waals surface area contributed by atoms with Crippen molar-refractivity contribution >= 4 is 17.6 Å². The largest absolute Gasteiger partial charge is 0.573 e. The number of nitrogens with one attached hydrogen (secondary N) is 1. The van der Waals surface area contributed by atoms with Crippen molar-refractivity contribution in [2.75, 3.05) is 25.1 Å². The van der Waals surface area contributed by atoms with Gasteiger partial charge in [0, 0.05) is 42.3 Å². The summed E-state index contributed by atoms with van der Waals surface area (Å²) in [5, 5.41) is 11.8. The molecule has 1 saturated heterocycles. The Hall–Kier alpha value is -4.94. The van der Waals surface area contributed by atoms with Gasteiger partial charge in [-0.2, -0.15) is 18.4 Å². The molecule has 2 amide bonds. The average Bonchev–Trinajstić information content (AvgIpc) is 3.24. The molecule has 0 aliphatic carbocycles. The lowest BCUT2D eigenvalue weighted by Crippen LogP contribution is -2.36. The molecule has 1 fully saturated rings. The number of nitriles is 1. The Morgan fingerprint density at radius 2 is 1.67 bits per heavy atom. The highest BCUT2D eigenvalue weighted by Gasteiger charge is 2.46. The summed E-state index contributed by atoms with van der Waals surface area (Å²) in [5.74, 6) is -8.58. The lowest BCUT2D eigenvalue weighted by atomic mass is 9.87. The van der Waals surface area contributed by atoms with Crippen LogP contribution < -0.4 is 19.7 Å². The minimum atomic E-state index is -4.97. The van der Waals surface area contributed by atoms with Crippen LogP contribution >= 0.6 is 0 Å². The summed E-state index contributed by atoms with van der Waals surface area (Å²) >= 11 is 0. The molecule has 0 radical (unpaired) electrons. The highest BCUT2D eigenvalue weighted by molar-refractivity contribution is 6.00. The molecule has 1 aromatic heterocycles. The first-order valence-corrected chi connectivity index (χ1v) is 12.1. The van der Waals surface area contributed by atoms with Crippen molar-refractivity contribution in [1.82, 2.24) is 10.3 Å². The maximum atomic E-state index is 15.1.